The number of aromatic nitrogens is 4. The van der Waals surface area contributed by atoms with Gasteiger partial charge in [-0.15, -0.1) is 0 Å². The second-order valence-electron chi connectivity index (χ2n) is 8.20. The first-order valence-corrected chi connectivity index (χ1v) is 11.1. The smallest absolute Gasteiger partial charge is 0.354 e. The first-order chi connectivity index (χ1) is 16.6. The number of fused-ring (bicyclic) bond motifs is 4. The number of hydrogen-bond acceptors (Lipinski definition) is 6. The Kier molecular flexibility index (Phi) is 7.08. The highest BCUT2D eigenvalue weighted by Crippen LogP contribution is 2.34. The lowest BCUT2D eigenvalue weighted by atomic mass is 10.0. The molecular formula is C23H22F6N6. The molecule has 0 atom stereocenters. The summed E-state index contributed by atoms with van der Waals surface area (Å²) in [5, 5.41) is 5.79. The maximum Gasteiger partial charge on any atom is 0.433 e. The van der Waals surface area contributed by atoms with Crippen LogP contribution in [0.2, 0.25) is 0 Å². The molecule has 4 rings (SSSR count). The van der Waals surface area contributed by atoms with Crippen molar-refractivity contribution in [1.82, 2.24) is 19.9 Å². The van der Waals surface area contributed by atoms with Crippen LogP contribution in [0.25, 0.3) is 11.5 Å². The molecule has 0 saturated heterocycles. The Labute approximate surface area is 197 Å². The fourth-order valence-corrected chi connectivity index (χ4v) is 3.73. The molecule has 0 amide bonds. The molecule has 1 aliphatic heterocycles. The highest BCUT2D eigenvalue weighted by Gasteiger charge is 2.33. The van der Waals surface area contributed by atoms with Crippen LogP contribution < -0.4 is 10.6 Å². The van der Waals surface area contributed by atoms with Gasteiger partial charge in [-0.2, -0.15) is 41.3 Å². The number of anilines is 3. The second-order valence-corrected chi connectivity index (χ2v) is 8.20. The van der Waals surface area contributed by atoms with Crippen LogP contribution in [0.4, 0.5) is 43.9 Å². The van der Waals surface area contributed by atoms with Gasteiger partial charge in [-0.3, -0.25) is 0 Å². The molecule has 0 radical (unpaired) electrons. The summed E-state index contributed by atoms with van der Waals surface area (Å²) in [4.78, 5) is 16.2. The predicted molar refractivity (Wildman–Crippen MR) is 118 cm³/mol. The van der Waals surface area contributed by atoms with E-state index in [9.17, 15) is 26.3 Å². The highest BCUT2D eigenvalue weighted by molar-refractivity contribution is 5.60. The fraction of sp³-hybridized carbons (Fsp3) is 0.391. The molecule has 1 aromatic carbocycles. The molecule has 1 aliphatic rings. The van der Waals surface area contributed by atoms with Crippen molar-refractivity contribution in [3.63, 3.8) is 0 Å². The van der Waals surface area contributed by atoms with Crippen LogP contribution in [0.3, 0.4) is 0 Å². The summed E-state index contributed by atoms with van der Waals surface area (Å²) in [5.74, 6) is -0.178. The minimum Gasteiger partial charge on any atom is -0.354 e. The second kappa shape index (κ2) is 10.0. The summed E-state index contributed by atoms with van der Waals surface area (Å²) < 4.78 is 79.9. The van der Waals surface area contributed by atoms with Crippen LogP contribution in [-0.2, 0) is 18.8 Å². The van der Waals surface area contributed by atoms with Gasteiger partial charge in [0.05, 0.1) is 5.56 Å². The Bertz CT molecular complexity index is 1180. The first-order valence-electron chi connectivity index (χ1n) is 11.1. The minimum atomic E-state index is -4.66. The molecule has 4 bridgehead atoms. The number of pyridine rings is 1. The standard InChI is InChI=1S/C23H22F6N6/c24-22(25,26)15-11-14-7-4-2-1-3-5-10-30-20-33-19(34-21(35-20)31-16(12-14)13-15)17-8-6-9-18(32-17)23(27,28)29/h6,8-9,11-13H,1-5,7,10H2,(H2,30,31,33,34,35). The van der Waals surface area contributed by atoms with Gasteiger partial charge in [0.2, 0.25) is 11.9 Å². The Hall–Kier alpha value is -3.44. The van der Waals surface area contributed by atoms with Crippen molar-refractivity contribution >= 4 is 17.6 Å². The number of alkyl halides is 6. The molecule has 0 unspecified atom stereocenters. The summed E-state index contributed by atoms with van der Waals surface area (Å²) in [7, 11) is 0. The SMILES string of the molecule is FC(F)(F)c1cc2cc(c1)Nc1nc(nc(-c3cccc(C(F)(F)F)n3)n1)NCCCCCCC2. The Balaban J connectivity index is 1.77. The Morgan fingerprint density at radius 2 is 1.46 bits per heavy atom. The van der Waals surface area contributed by atoms with Gasteiger partial charge in [0.25, 0.3) is 0 Å². The average Bonchev–Trinajstić information content (AvgIpc) is 2.79. The third-order valence-corrected chi connectivity index (χ3v) is 5.41. The van der Waals surface area contributed by atoms with Crippen molar-refractivity contribution in [3.8, 4) is 11.5 Å². The number of rotatable bonds is 1. The van der Waals surface area contributed by atoms with Gasteiger partial charge in [-0.05, 0) is 55.2 Å². The largest absolute Gasteiger partial charge is 0.433 e. The molecule has 0 saturated carbocycles. The van der Waals surface area contributed by atoms with Gasteiger partial charge in [0.15, 0.2) is 5.82 Å². The molecule has 186 valence electrons. The molecule has 0 aliphatic carbocycles. The third kappa shape index (κ3) is 6.58. The van der Waals surface area contributed by atoms with Gasteiger partial charge in [0.1, 0.15) is 11.4 Å². The van der Waals surface area contributed by atoms with E-state index in [4.69, 9.17) is 0 Å². The topological polar surface area (TPSA) is 75.6 Å². The molecular weight excluding hydrogens is 474 g/mol. The van der Waals surface area contributed by atoms with Gasteiger partial charge >= 0.3 is 12.4 Å². The number of benzene rings is 1. The maximum atomic E-state index is 13.5. The number of nitrogens with one attached hydrogen (secondary N) is 2. The van der Waals surface area contributed by atoms with Crippen LogP contribution in [0.5, 0.6) is 0 Å². The lowest BCUT2D eigenvalue weighted by Crippen LogP contribution is -2.12. The maximum absolute atomic E-state index is 13.5. The summed E-state index contributed by atoms with van der Waals surface area (Å²) in [5.41, 5.74) is -1.43. The van der Waals surface area contributed by atoms with Crippen LogP contribution >= 0.6 is 0 Å². The zero-order chi connectivity index (χ0) is 25.1. The average molecular weight is 496 g/mol. The number of nitrogens with zero attached hydrogens (tertiary/aromatic N) is 4. The van der Waals surface area contributed by atoms with Crippen LogP contribution in [0.1, 0.15) is 48.9 Å². The summed E-state index contributed by atoms with van der Waals surface area (Å²) in [6.07, 6.45) is -4.45. The zero-order valence-electron chi connectivity index (χ0n) is 18.5. The Morgan fingerprint density at radius 3 is 2.23 bits per heavy atom. The fourth-order valence-electron chi connectivity index (χ4n) is 3.73. The van der Waals surface area contributed by atoms with E-state index in [1.54, 1.807) is 6.07 Å². The van der Waals surface area contributed by atoms with Crippen molar-refractivity contribution in [2.75, 3.05) is 17.2 Å². The molecule has 3 aromatic rings. The van der Waals surface area contributed by atoms with Crippen LogP contribution in [0.15, 0.2) is 36.4 Å². The van der Waals surface area contributed by atoms with Crippen molar-refractivity contribution < 1.29 is 26.3 Å². The summed E-state index contributed by atoms with van der Waals surface area (Å²) in [6, 6.07) is 7.00. The van der Waals surface area contributed by atoms with Crippen LogP contribution in [-0.4, -0.2) is 26.5 Å². The number of halogens is 6. The summed E-state index contributed by atoms with van der Waals surface area (Å²) in [6.45, 7) is 0.519. The molecule has 3 heterocycles. The van der Waals surface area contributed by atoms with E-state index in [0.29, 0.717) is 18.5 Å². The zero-order valence-corrected chi connectivity index (χ0v) is 18.5. The van der Waals surface area contributed by atoms with E-state index in [2.05, 4.69) is 30.6 Å². The highest BCUT2D eigenvalue weighted by atomic mass is 19.4. The third-order valence-electron chi connectivity index (χ3n) is 5.41. The lowest BCUT2D eigenvalue weighted by Gasteiger charge is -2.14. The predicted octanol–water partition coefficient (Wildman–Crippen LogP) is 6.63. The van der Waals surface area contributed by atoms with E-state index in [1.165, 1.54) is 12.1 Å². The van der Waals surface area contributed by atoms with E-state index in [0.717, 1.165) is 50.3 Å². The molecule has 6 nitrogen and oxygen atoms in total. The summed E-state index contributed by atoms with van der Waals surface area (Å²) >= 11 is 0. The first kappa shape index (κ1) is 24.7. The normalized spacial score (nSPS) is 15.4. The molecule has 2 N–H and O–H groups in total. The molecule has 12 heteroatoms. The monoisotopic (exact) mass is 496 g/mol. The van der Waals surface area contributed by atoms with E-state index in [-0.39, 0.29) is 29.1 Å². The van der Waals surface area contributed by atoms with E-state index in [1.807, 2.05) is 0 Å². The van der Waals surface area contributed by atoms with Crippen molar-refractivity contribution in [1.29, 1.82) is 0 Å². The molecule has 0 fully saturated rings. The molecule has 0 spiro atoms. The van der Waals surface area contributed by atoms with E-state index < -0.39 is 23.6 Å². The van der Waals surface area contributed by atoms with Gasteiger partial charge in [-0.1, -0.05) is 25.3 Å². The van der Waals surface area contributed by atoms with Crippen molar-refractivity contribution in [2.45, 2.75) is 50.9 Å². The van der Waals surface area contributed by atoms with Crippen molar-refractivity contribution in [2.24, 2.45) is 0 Å². The molecule has 35 heavy (non-hydrogen) atoms. The number of hydrogen-bond donors (Lipinski definition) is 2. The van der Waals surface area contributed by atoms with Crippen LogP contribution in [0, 0.1) is 0 Å². The van der Waals surface area contributed by atoms with Gasteiger partial charge in [0, 0.05) is 12.2 Å². The van der Waals surface area contributed by atoms with Gasteiger partial charge < -0.3 is 10.6 Å². The lowest BCUT2D eigenvalue weighted by molar-refractivity contribution is -0.141. The van der Waals surface area contributed by atoms with E-state index >= 15 is 0 Å². The number of aryl methyl sites for hydroxylation is 1. The minimum absolute atomic E-state index is 0.0822. The quantitative estimate of drug-likeness (QED) is 0.368. The van der Waals surface area contributed by atoms with Gasteiger partial charge in [-0.25, -0.2) is 4.98 Å². The van der Waals surface area contributed by atoms with Crippen molar-refractivity contribution in [3.05, 3.63) is 53.2 Å². The Morgan fingerprint density at radius 1 is 0.714 bits per heavy atom. The molecule has 2 aromatic heterocycles.